The minimum atomic E-state index is 0.242. The van der Waals surface area contributed by atoms with E-state index in [4.69, 9.17) is 4.74 Å². The maximum absolute atomic E-state index is 5.13. The Morgan fingerprint density at radius 1 is 1.18 bits per heavy atom. The van der Waals surface area contributed by atoms with Gasteiger partial charge in [-0.05, 0) is 36.0 Å². The highest BCUT2D eigenvalue weighted by atomic mass is 16.5. The molecule has 0 aromatic carbocycles. The van der Waals surface area contributed by atoms with E-state index in [9.17, 15) is 0 Å². The van der Waals surface area contributed by atoms with E-state index in [0.717, 1.165) is 19.4 Å². The number of allylic oxidation sites excluding steroid dienone is 1. The first-order chi connectivity index (χ1) is 7.63. The normalized spacial score (nSPS) is 16.0. The largest absolute Gasteiger partial charge is 0.385 e. The quantitative estimate of drug-likeness (QED) is 0.446. The third-order valence-electron chi connectivity index (χ3n) is 3.81. The van der Waals surface area contributed by atoms with Gasteiger partial charge in [0.2, 0.25) is 0 Å². The molecule has 0 N–H and O–H groups in total. The Balaban J connectivity index is 4.65. The first-order valence-electron chi connectivity index (χ1n) is 6.80. The highest BCUT2D eigenvalue weighted by molar-refractivity contribution is 5.11. The predicted molar refractivity (Wildman–Crippen MR) is 77.3 cm³/mol. The van der Waals surface area contributed by atoms with Gasteiger partial charge in [-0.2, -0.15) is 0 Å². The standard InChI is InChI=1S/C16H32O/c1-13(2)16(7,12-15(4,5)6)14(3)10-9-11-17-8/h13H,3,9-12H2,1-2,4-8H3. The molecule has 0 aromatic heterocycles. The van der Waals surface area contributed by atoms with Crippen LogP contribution in [0.4, 0.5) is 0 Å². The summed E-state index contributed by atoms with van der Waals surface area (Å²) in [6, 6.07) is 0. The van der Waals surface area contributed by atoms with Crippen molar-refractivity contribution in [2.24, 2.45) is 16.7 Å². The molecule has 0 aliphatic carbocycles. The number of ether oxygens (including phenoxy) is 1. The molecule has 0 amide bonds. The van der Waals surface area contributed by atoms with Crippen molar-refractivity contribution in [1.29, 1.82) is 0 Å². The summed E-state index contributed by atoms with van der Waals surface area (Å²) in [4.78, 5) is 0. The lowest BCUT2D eigenvalue weighted by atomic mass is 9.64. The first kappa shape index (κ1) is 16.7. The maximum Gasteiger partial charge on any atom is 0.0465 e. The summed E-state index contributed by atoms with van der Waals surface area (Å²) >= 11 is 0. The summed E-state index contributed by atoms with van der Waals surface area (Å²) in [7, 11) is 1.76. The van der Waals surface area contributed by atoms with E-state index in [1.807, 2.05) is 0 Å². The minimum absolute atomic E-state index is 0.242. The van der Waals surface area contributed by atoms with Gasteiger partial charge >= 0.3 is 0 Å². The number of methoxy groups -OCH3 is 1. The highest BCUT2D eigenvalue weighted by Crippen LogP contribution is 2.45. The fraction of sp³-hybridized carbons (Fsp3) is 0.875. The average Bonchev–Trinajstić information content (AvgIpc) is 2.14. The molecular weight excluding hydrogens is 208 g/mol. The number of hydrogen-bond acceptors (Lipinski definition) is 1. The molecule has 0 heterocycles. The van der Waals surface area contributed by atoms with Gasteiger partial charge in [0.25, 0.3) is 0 Å². The van der Waals surface area contributed by atoms with Crippen molar-refractivity contribution in [3.63, 3.8) is 0 Å². The van der Waals surface area contributed by atoms with E-state index in [0.29, 0.717) is 11.3 Å². The third-order valence-corrected chi connectivity index (χ3v) is 3.81. The molecule has 0 radical (unpaired) electrons. The van der Waals surface area contributed by atoms with Crippen molar-refractivity contribution in [1.82, 2.24) is 0 Å². The third kappa shape index (κ3) is 5.72. The van der Waals surface area contributed by atoms with Crippen LogP contribution in [0.1, 0.15) is 60.8 Å². The first-order valence-corrected chi connectivity index (χ1v) is 6.80. The van der Waals surface area contributed by atoms with E-state index < -0.39 is 0 Å². The van der Waals surface area contributed by atoms with Crippen LogP contribution in [0.2, 0.25) is 0 Å². The summed E-state index contributed by atoms with van der Waals surface area (Å²) in [5, 5.41) is 0. The molecule has 1 unspecified atom stereocenters. The summed E-state index contributed by atoms with van der Waals surface area (Å²) in [6.07, 6.45) is 3.36. The second-order valence-electron chi connectivity index (χ2n) is 7.01. The topological polar surface area (TPSA) is 9.23 Å². The summed E-state index contributed by atoms with van der Waals surface area (Å²) in [6.45, 7) is 19.1. The van der Waals surface area contributed by atoms with Crippen LogP contribution in [-0.2, 0) is 4.74 Å². The fourth-order valence-corrected chi connectivity index (χ4v) is 2.55. The van der Waals surface area contributed by atoms with Crippen molar-refractivity contribution < 1.29 is 4.74 Å². The molecule has 0 aliphatic heterocycles. The molecule has 0 rings (SSSR count). The molecule has 0 aromatic rings. The van der Waals surface area contributed by atoms with Crippen molar-refractivity contribution in [2.45, 2.75) is 60.8 Å². The van der Waals surface area contributed by atoms with Crippen LogP contribution >= 0.6 is 0 Å². The molecule has 0 saturated carbocycles. The maximum atomic E-state index is 5.13. The zero-order chi connectivity index (χ0) is 13.7. The summed E-state index contributed by atoms with van der Waals surface area (Å²) in [5.74, 6) is 0.636. The van der Waals surface area contributed by atoms with Gasteiger partial charge in [0.05, 0.1) is 0 Å². The highest BCUT2D eigenvalue weighted by Gasteiger charge is 2.34. The SMILES string of the molecule is C=C(CCCOC)C(C)(CC(C)(C)C)C(C)C. The van der Waals surface area contributed by atoms with Gasteiger partial charge in [0, 0.05) is 13.7 Å². The van der Waals surface area contributed by atoms with E-state index >= 15 is 0 Å². The minimum Gasteiger partial charge on any atom is -0.385 e. The Kier molecular flexibility index (Phi) is 6.47. The molecule has 17 heavy (non-hydrogen) atoms. The Morgan fingerprint density at radius 2 is 1.71 bits per heavy atom. The van der Waals surface area contributed by atoms with Gasteiger partial charge in [-0.25, -0.2) is 0 Å². The zero-order valence-electron chi connectivity index (χ0n) is 13.0. The molecular formula is C16H32O. The predicted octanol–water partition coefficient (Wildman–Crippen LogP) is 5.07. The van der Waals surface area contributed by atoms with Crippen molar-refractivity contribution in [3.05, 3.63) is 12.2 Å². The Morgan fingerprint density at radius 3 is 2.06 bits per heavy atom. The summed E-state index contributed by atoms with van der Waals surface area (Å²) < 4.78 is 5.13. The molecule has 1 nitrogen and oxygen atoms in total. The lowest BCUT2D eigenvalue weighted by Crippen LogP contribution is -2.31. The van der Waals surface area contributed by atoms with Crippen molar-refractivity contribution >= 4 is 0 Å². The van der Waals surface area contributed by atoms with E-state index in [1.165, 1.54) is 12.0 Å². The lowest BCUT2D eigenvalue weighted by Gasteiger charge is -2.41. The second kappa shape index (κ2) is 6.58. The van der Waals surface area contributed by atoms with Gasteiger partial charge in [-0.15, -0.1) is 0 Å². The lowest BCUT2D eigenvalue weighted by molar-refractivity contribution is 0.158. The van der Waals surface area contributed by atoms with E-state index in [2.05, 4.69) is 48.1 Å². The molecule has 0 spiro atoms. The Hall–Kier alpha value is -0.300. The van der Waals surface area contributed by atoms with Crippen molar-refractivity contribution in [3.8, 4) is 0 Å². The summed E-state index contributed by atoms with van der Waals surface area (Å²) in [5.41, 5.74) is 1.98. The molecule has 0 bridgehead atoms. The van der Waals surface area contributed by atoms with Crippen LogP contribution < -0.4 is 0 Å². The monoisotopic (exact) mass is 240 g/mol. The molecule has 0 aliphatic rings. The van der Waals surface area contributed by atoms with Crippen LogP contribution in [0.15, 0.2) is 12.2 Å². The average molecular weight is 240 g/mol. The Bertz CT molecular complexity index is 234. The Labute approximate surface area is 109 Å². The molecule has 1 atom stereocenters. The fourth-order valence-electron chi connectivity index (χ4n) is 2.55. The van der Waals surface area contributed by atoms with Gasteiger partial charge in [-0.3, -0.25) is 0 Å². The molecule has 0 fully saturated rings. The second-order valence-corrected chi connectivity index (χ2v) is 7.01. The zero-order valence-corrected chi connectivity index (χ0v) is 13.0. The van der Waals surface area contributed by atoms with Crippen LogP contribution in [0.25, 0.3) is 0 Å². The number of rotatable bonds is 7. The van der Waals surface area contributed by atoms with Gasteiger partial charge in [0.15, 0.2) is 0 Å². The molecule has 1 heteroatoms. The van der Waals surface area contributed by atoms with Crippen LogP contribution in [0.5, 0.6) is 0 Å². The molecule has 102 valence electrons. The van der Waals surface area contributed by atoms with Crippen LogP contribution in [-0.4, -0.2) is 13.7 Å². The van der Waals surface area contributed by atoms with E-state index in [1.54, 1.807) is 7.11 Å². The van der Waals surface area contributed by atoms with Gasteiger partial charge in [0.1, 0.15) is 0 Å². The van der Waals surface area contributed by atoms with Crippen LogP contribution in [0.3, 0.4) is 0 Å². The van der Waals surface area contributed by atoms with E-state index in [-0.39, 0.29) is 5.41 Å². The van der Waals surface area contributed by atoms with Gasteiger partial charge in [-0.1, -0.05) is 53.7 Å². The van der Waals surface area contributed by atoms with Gasteiger partial charge < -0.3 is 4.74 Å². The number of hydrogen-bond donors (Lipinski definition) is 0. The van der Waals surface area contributed by atoms with Crippen molar-refractivity contribution in [2.75, 3.05) is 13.7 Å². The van der Waals surface area contributed by atoms with Crippen LogP contribution in [0, 0.1) is 16.7 Å². The smallest absolute Gasteiger partial charge is 0.0465 e. The molecule has 0 saturated heterocycles.